The molecule has 0 aromatic heterocycles. The zero-order valence-corrected chi connectivity index (χ0v) is 16.6. The largest absolute Gasteiger partial charge is 0.497 e. The van der Waals surface area contributed by atoms with E-state index in [2.05, 4.69) is 5.32 Å². The summed E-state index contributed by atoms with van der Waals surface area (Å²) in [7, 11) is 3.14. The third-order valence-corrected chi connectivity index (χ3v) is 5.10. The van der Waals surface area contributed by atoms with E-state index in [-0.39, 0.29) is 24.1 Å². The van der Waals surface area contributed by atoms with Crippen LogP contribution < -0.4 is 15.0 Å². The number of piperidine rings is 1. The van der Waals surface area contributed by atoms with Crippen molar-refractivity contribution in [1.82, 2.24) is 5.32 Å². The predicted octanol–water partition coefficient (Wildman–Crippen LogP) is 3.08. The second kappa shape index (κ2) is 9.52. The quantitative estimate of drug-likeness (QED) is 0.726. The fourth-order valence-corrected chi connectivity index (χ4v) is 3.66. The maximum absolute atomic E-state index is 13.5. The fraction of sp³-hybridized carbons (Fsp3) is 0.364. The maximum Gasteiger partial charge on any atom is 0.227 e. The predicted molar refractivity (Wildman–Crippen MR) is 107 cm³/mol. The second-order valence-corrected chi connectivity index (χ2v) is 6.89. The molecule has 6 nitrogen and oxygen atoms in total. The number of ether oxygens (including phenoxy) is 2. The fourth-order valence-electron chi connectivity index (χ4n) is 3.66. The number of hydrogen-bond acceptors (Lipinski definition) is 4. The summed E-state index contributed by atoms with van der Waals surface area (Å²) in [6.45, 7) is 0.791. The standard InChI is InChI=1S/C22H25FN2O4/c1-28-14-13-24-22(27)19-11-12-20(26)25(17-7-9-18(29-2)10-8-17)21(19)15-3-5-16(23)6-4-15/h3-10,19,21H,11-14H2,1-2H3,(H,24,27). The first-order chi connectivity index (χ1) is 14.0. The molecule has 1 heterocycles. The van der Waals surface area contributed by atoms with Crippen molar-refractivity contribution >= 4 is 17.5 Å². The molecule has 0 aliphatic carbocycles. The van der Waals surface area contributed by atoms with Crippen LogP contribution in [0.1, 0.15) is 24.4 Å². The van der Waals surface area contributed by atoms with Gasteiger partial charge in [-0.05, 0) is 48.4 Å². The lowest BCUT2D eigenvalue weighted by Gasteiger charge is -2.41. The average molecular weight is 400 g/mol. The van der Waals surface area contributed by atoms with Crippen LogP contribution in [-0.2, 0) is 14.3 Å². The number of halogens is 1. The molecule has 1 saturated heterocycles. The number of carbonyl (C=O) groups excluding carboxylic acids is 2. The number of hydrogen-bond donors (Lipinski definition) is 1. The van der Waals surface area contributed by atoms with Crippen LogP contribution in [0.4, 0.5) is 10.1 Å². The third-order valence-electron chi connectivity index (χ3n) is 5.10. The van der Waals surface area contributed by atoms with Gasteiger partial charge in [0.15, 0.2) is 0 Å². The van der Waals surface area contributed by atoms with Crippen LogP contribution in [0.25, 0.3) is 0 Å². The smallest absolute Gasteiger partial charge is 0.227 e. The lowest BCUT2D eigenvalue weighted by atomic mass is 9.83. The summed E-state index contributed by atoms with van der Waals surface area (Å²) in [5.41, 5.74) is 1.38. The van der Waals surface area contributed by atoms with Crippen LogP contribution in [-0.4, -0.2) is 39.2 Å². The topological polar surface area (TPSA) is 67.9 Å². The highest BCUT2D eigenvalue weighted by Gasteiger charge is 2.41. The molecular formula is C22H25FN2O4. The van der Waals surface area contributed by atoms with Crippen LogP contribution in [0, 0.1) is 11.7 Å². The minimum Gasteiger partial charge on any atom is -0.497 e. The van der Waals surface area contributed by atoms with Gasteiger partial charge >= 0.3 is 0 Å². The second-order valence-electron chi connectivity index (χ2n) is 6.89. The molecule has 0 saturated carbocycles. The summed E-state index contributed by atoms with van der Waals surface area (Å²) in [4.78, 5) is 27.4. The number of nitrogens with zero attached hydrogens (tertiary/aromatic N) is 1. The molecule has 1 N–H and O–H groups in total. The number of amides is 2. The number of rotatable bonds is 7. The molecule has 2 aromatic carbocycles. The Kier molecular flexibility index (Phi) is 6.82. The molecule has 1 aliphatic heterocycles. The van der Waals surface area contributed by atoms with Crippen molar-refractivity contribution in [2.45, 2.75) is 18.9 Å². The zero-order valence-electron chi connectivity index (χ0n) is 16.6. The first-order valence-corrected chi connectivity index (χ1v) is 9.53. The highest BCUT2D eigenvalue weighted by Crippen LogP contribution is 2.40. The van der Waals surface area contributed by atoms with Crippen molar-refractivity contribution in [2.75, 3.05) is 32.3 Å². The number of carbonyl (C=O) groups is 2. The molecular weight excluding hydrogens is 375 g/mol. The Morgan fingerprint density at radius 2 is 1.83 bits per heavy atom. The number of anilines is 1. The van der Waals surface area contributed by atoms with Crippen LogP contribution >= 0.6 is 0 Å². The van der Waals surface area contributed by atoms with Gasteiger partial charge in [0, 0.05) is 25.8 Å². The Balaban J connectivity index is 1.98. The molecule has 0 bridgehead atoms. The van der Waals surface area contributed by atoms with Crippen LogP contribution in [0.3, 0.4) is 0 Å². The molecule has 0 spiro atoms. The van der Waals surface area contributed by atoms with Gasteiger partial charge in [-0.25, -0.2) is 4.39 Å². The van der Waals surface area contributed by atoms with Crippen LogP contribution in [0.5, 0.6) is 5.75 Å². The van der Waals surface area contributed by atoms with E-state index < -0.39 is 12.0 Å². The Hall–Kier alpha value is -2.93. The molecule has 2 unspecified atom stereocenters. The van der Waals surface area contributed by atoms with Gasteiger partial charge < -0.3 is 19.7 Å². The van der Waals surface area contributed by atoms with Gasteiger partial charge in [0.05, 0.1) is 25.7 Å². The van der Waals surface area contributed by atoms with E-state index in [9.17, 15) is 14.0 Å². The van der Waals surface area contributed by atoms with Crippen molar-refractivity contribution < 1.29 is 23.5 Å². The zero-order chi connectivity index (χ0) is 20.8. The first kappa shape index (κ1) is 20.8. The van der Waals surface area contributed by atoms with Crippen molar-refractivity contribution in [3.63, 3.8) is 0 Å². The van der Waals surface area contributed by atoms with Gasteiger partial charge in [-0.2, -0.15) is 0 Å². The van der Waals surface area contributed by atoms with Crippen LogP contribution in [0.15, 0.2) is 48.5 Å². The van der Waals surface area contributed by atoms with Crippen molar-refractivity contribution in [3.8, 4) is 5.75 Å². The Morgan fingerprint density at radius 1 is 1.14 bits per heavy atom. The van der Waals surface area contributed by atoms with Gasteiger partial charge in [-0.1, -0.05) is 12.1 Å². The van der Waals surface area contributed by atoms with Crippen molar-refractivity contribution in [2.24, 2.45) is 5.92 Å². The van der Waals surface area contributed by atoms with E-state index in [0.29, 0.717) is 36.6 Å². The molecule has 0 radical (unpaired) electrons. The van der Waals surface area contributed by atoms with Crippen molar-refractivity contribution in [3.05, 3.63) is 59.9 Å². The first-order valence-electron chi connectivity index (χ1n) is 9.53. The summed E-state index contributed by atoms with van der Waals surface area (Å²) in [5.74, 6) is -0.386. The lowest BCUT2D eigenvalue weighted by Crippen LogP contribution is -2.48. The number of methoxy groups -OCH3 is 2. The van der Waals surface area contributed by atoms with Gasteiger partial charge in [0.2, 0.25) is 11.8 Å². The van der Waals surface area contributed by atoms with E-state index in [1.54, 1.807) is 55.5 Å². The van der Waals surface area contributed by atoms with Gasteiger partial charge in [0.25, 0.3) is 0 Å². The van der Waals surface area contributed by atoms with E-state index >= 15 is 0 Å². The van der Waals surface area contributed by atoms with Gasteiger partial charge in [0.1, 0.15) is 11.6 Å². The molecule has 2 aromatic rings. The molecule has 154 valence electrons. The highest BCUT2D eigenvalue weighted by molar-refractivity contribution is 5.97. The molecule has 1 aliphatic rings. The Morgan fingerprint density at radius 3 is 2.45 bits per heavy atom. The summed E-state index contributed by atoms with van der Waals surface area (Å²) in [6, 6.07) is 12.5. The maximum atomic E-state index is 13.5. The number of nitrogens with one attached hydrogen (secondary N) is 1. The SMILES string of the molecule is COCCNC(=O)C1CCC(=O)N(c2ccc(OC)cc2)C1c1ccc(F)cc1. The van der Waals surface area contributed by atoms with E-state index in [4.69, 9.17) is 9.47 Å². The monoisotopic (exact) mass is 400 g/mol. The van der Waals surface area contributed by atoms with Gasteiger partial charge in [-0.15, -0.1) is 0 Å². The van der Waals surface area contributed by atoms with E-state index in [0.717, 1.165) is 0 Å². The number of benzene rings is 2. The minimum atomic E-state index is -0.534. The molecule has 7 heteroatoms. The van der Waals surface area contributed by atoms with E-state index in [1.165, 1.54) is 12.1 Å². The molecule has 2 atom stereocenters. The molecule has 1 fully saturated rings. The summed E-state index contributed by atoms with van der Waals surface area (Å²) >= 11 is 0. The third kappa shape index (κ3) is 4.74. The highest BCUT2D eigenvalue weighted by atomic mass is 19.1. The minimum absolute atomic E-state index is 0.0783. The summed E-state index contributed by atoms with van der Waals surface area (Å²) in [5, 5.41) is 2.87. The van der Waals surface area contributed by atoms with Crippen molar-refractivity contribution in [1.29, 1.82) is 0 Å². The van der Waals surface area contributed by atoms with Gasteiger partial charge in [-0.3, -0.25) is 9.59 Å². The average Bonchev–Trinajstić information content (AvgIpc) is 2.74. The molecule has 29 heavy (non-hydrogen) atoms. The molecule has 3 rings (SSSR count). The summed E-state index contributed by atoms with van der Waals surface area (Å²) in [6.07, 6.45) is 0.679. The normalized spacial score (nSPS) is 19.1. The van der Waals surface area contributed by atoms with Crippen LogP contribution in [0.2, 0.25) is 0 Å². The summed E-state index contributed by atoms with van der Waals surface area (Å²) < 4.78 is 23.7. The molecule has 2 amide bonds. The Bertz CT molecular complexity index is 839. The lowest BCUT2D eigenvalue weighted by molar-refractivity contribution is -0.129. The Labute approximate surface area is 169 Å². The van der Waals surface area contributed by atoms with E-state index in [1.807, 2.05) is 0 Å².